The summed E-state index contributed by atoms with van der Waals surface area (Å²) in [6.45, 7) is 1.83. The van der Waals surface area contributed by atoms with Crippen LogP contribution in [0.3, 0.4) is 0 Å². The Kier molecular flexibility index (Phi) is 27.7. The molecule has 3 atom stereocenters. The number of ether oxygens (including phenoxy) is 2. The summed E-state index contributed by atoms with van der Waals surface area (Å²) < 4.78 is 31.9. The lowest BCUT2D eigenvalue weighted by molar-refractivity contribution is -0.153. The molecule has 3 unspecified atom stereocenters. The topological polar surface area (TPSA) is 149 Å². The van der Waals surface area contributed by atoms with E-state index >= 15 is 0 Å². The number of phosphoric ester groups is 1. The van der Waals surface area contributed by atoms with Crippen molar-refractivity contribution in [3.63, 3.8) is 0 Å². The van der Waals surface area contributed by atoms with Crippen LogP contribution in [-0.4, -0.2) is 65.7 Å². The monoisotopic (exact) mass is 632 g/mol. The molecule has 250 valence electrons. The largest absolute Gasteiger partial charge is 0.472 e. The van der Waals surface area contributed by atoms with Gasteiger partial charge in [0.2, 0.25) is 0 Å². The highest BCUT2D eigenvalue weighted by Gasteiger charge is 2.27. The highest BCUT2D eigenvalue weighted by molar-refractivity contribution is 7.47. The Labute approximate surface area is 259 Å². The first-order valence-electron chi connectivity index (χ1n) is 15.9. The van der Waals surface area contributed by atoms with Crippen LogP contribution in [0, 0.1) is 0 Å². The van der Waals surface area contributed by atoms with E-state index in [9.17, 15) is 29.3 Å². The smallest absolute Gasteiger partial charge is 0.457 e. The first-order valence-corrected chi connectivity index (χ1v) is 17.4. The molecule has 0 saturated heterocycles. The Morgan fingerprint density at radius 1 is 0.651 bits per heavy atom. The number of hydrogen-bond acceptors (Lipinski definition) is 9. The fraction of sp³-hybridized carbons (Fsp3) is 0.750. The van der Waals surface area contributed by atoms with Crippen LogP contribution < -0.4 is 0 Å². The van der Waals surface area contributed by atoms with Crippen molar-refractivity contribution in [1.82, 2.24) is 0 Å². The fourth-order valence-electron chi connectivity index (χ4n) is 3.89. The molecule has 0 aromatic carbocycles. The zero-order valence-electron chi connectivity index (χ0n) is 26.4. The molecule has 43 heavy (non-hydrogen) atoms. The number of phosphoric acid groups is 1. The van der Waals surface area contributed by atoms with Crippen molar-refractivity contribution in [2.45, 2.75) is 129 Å². The lowest BCUT2D eigenvalue weighted by Crippen LogP contribution is -2.28. The van der Waals surface area contributed by atoms with E-state index in [1.807, 2.05) is 6.92 Å². The normalized spacial score (nSPS) is 14.8. The summed E-state index contributed by atoms with van der Waals surface area (Å²) in [4.78, 5) is 33.7. The van der Waals surface area contributed by atoms with Crippen molar-refractivity contribution in [1.29, 1.82) is 0 Å². The summed E-state index contributed by atoms with van der Waals surface area (Å²) in [7, 11) is -4.61. The quantitative estimate of drug-likeness (QED) is 0.0345. The number of unbranched alkanes of at least 4 members (excludes halogenated alkanes) is 9. The third-order valence-electron chi connectivity index (χ3n) is 6.37. The van der Waals surface area contributed by atoms with Crippen molar-refractivity contribution < 1.29 is 47.8 Å². The van der Waals surface area contributed by atoms with Gasteiger partial charge < -0.3 is 24.6 Å². The van der Waals surface area contributed by atoms with Crippen molar-refractivity contribution >= 4 is 19.8 Å². The van der Waals surface area contributed by atoms with Crippen LogP contribution in [-0.2, 0) is 32.7 Å². The Bertz CT molecular complexity index is 827. The number of allylic oxidation sites excluding steroid dienone is 6. The maximum absolute atomic E-state index is 12.1. The van der Waals surface area contributed by atoms with Crippen LogP contribution in [0.4, 0.5) is 0 Å². The zero-order valence-corrected chi connectivity index (χ0v) is 27.3. The first-order chi connectivity index (χ1) is 20.8. The van der Waals surface area contributed by atoms with E-state index in [0.29, 0.717) is 12.8 Å². The van der Waals surface area contributed by atoms with Crippen LogP contribution in [0.2, 0.25) is 0 Å². The second-order valence-corrected chi connectivity index (χ2v) is 11.9. The van der Waals surface area contributed by atoms with E-state index in [-0.39, 0.29) is 12.8 Å². The number of carbonyl (C=O) groups is 2. The van der Waals surface area contributed by atoms with E-state index in [4.69, 9.17) is 18.5 Å². The minimum atomic E-state index is -4.61. The molecular formula is C32H57O10P. The third-order valence-corrected chi connectivity index (χ3v) is 7.32. The number of aliphatic hydroxyl groups excluding tert-OH is 2. The summed E-state index contributed by atoms with van der Waals surface area (Å²) >= 11 is 0. The molecule has 0 radical (unpaired) electrons. The highest BCUT2D eigenvalue weighted by atomic mass is 31.2. The number of esters is 2. The number of hydrogen-bond donors (Lipinski definition) is 3. The Morgan fingerprint density at radius 3 is 1.58 bits per heavy atom. The molecule has 0 fully saturated rings. The molecular weight excluding hydrogens is 575 g/mol. The van der Waals surface area contributed by atoms with Gasteiger partial charge in [0, 0.05) is 12.8 Å². The Hall–Kier alpha value is -1.81. The van der Waals surface area contributed by atoms with Gasteiger partial charge in [-0.15, -0.1) is 0 Å². The van der Waals surface area contributed by atoms with Crippen molar-refractivity contribution in [2.24, 2.45) is 0 Å². The molecule has 0 aliphatic carbocycles. The third kappa shape index (κ3) is 27.5. The molecule has 0 aromatic heterocycles. The van der Waals surface area contributed by atoms with Crippen LogP contribution in [0.25, 0.3) is 0 Å². The molecule has 0 bridgehead atoms. The first kappa shape index (κ1) is 41.2. The minimum Gasteiger partial charge on any atom is -0.457 e. The van der Waals surface area contributed by atoms with E-state index in [1.165, 1.54) is 12.8 Å². The van der Waals surface area contributed by atoms with Gasteiger partial charge in [0.1, 0.15) is 12.2 Å². The average Bonchev–Trinajstić information content (AvgIpc) is 2.99. The molecule has 3 N–H and O–H groups in total. The van der Waals surface area contributed by atoms with Gasteiger partial charge in [0.25, 0.3) is 0 Å². The molecule has 10 nitrogen and oxygen atoms in total. The fourth-order valence-corrected chi connectivity index (χ4v) is 4.67. The number of carbonyl (C=O) groups excluding carboxylic acids is 2. The Morgan fingerprint density at radius 2 is 1.09 bits per heavy atom. The van der Waals surface area contributed by atoms with Gasteiger partial charge in [-0.1, -0.05) is 95.2 Å². The molecule has 0 amide bonds. The van der Waals surface area contributed by atoms with Gasteiger partial charge >= 0.3 is 19.8 Å². The zero-order chi connectivity index (χ0) is 32.0. The second-order valence-electron chi connectivity index (χ2n) is 10.4. The minimum absolute atomic E-state index is 0.176. The maximum Gasteiger partial charge on any atom is 0.472 e. The second kappa shape index (κ2) is 28.9. The molecule has 11 heteroatoms. The number of rotatable bonds is 29. The molecule has 0 saturated carbocycles. The summed E-state index contributed by atoms with van der Waals surface area (Å²) in [5.41, 5.74) is 0. The van der Waals surface area contributed by atoms with Crippen molar-refractivity contribution in [3.8, 4) is 0 Å². The molecule has 0 aromatic rings. The SMILES string of the molecule is CC/C=C\C/C=C\C/C=C\CCCCCCCCCC(=O)OC(CO)COP(=O)(O)OCC(CO)OC(=O)CCCCC. The lowest BCUT2D eigenvalue weighted by atomic mass is 10.1. The lowest BCUT2D eigenvalue weighted by Gasteiger charge is -2.20. The molecule has 0 aliphatic heterocycles. The molecule has 0 heterocycles. The summed E-state index contributed by atoms with van der Waals surface area (Å²) in [6, 6.07) is 0. The number of aliphatic hydroxyl groups is 2. The van der Waals surface area contributed by atoms with E-state index in [1.54, 1.807) is 0 Å². The molecule has 0 aliphatic rings. The predicted octanol–water partition coefficient (Wildman–Crippen LogP) is 6.88. The summed E-state index contributed by atoms with van der Waals surface area (Å²) in [6.07, 6.45) is 25.1. The molecule has 0 rings (SSSR count). The van der Waals surface area contributed by atoms with Gasteiger partial charge in [-0.25, -0.2) is 4.57 Å². The van der Waals surface area contributed by atoms with Crippen LogP contribution in [0.5, 0.6) is 0 Å². The van der Waals surface area contributed by atoms with Crippen LogP contribution in [0.15, 0.2) is 36.5 Å². The van der Waals surface area contributed by atoms with Gasteiger partial charge in [-0.05, 0) is 44.9 Å². The summed E-state index contributed by atoms with van der Waals surface area (Å²) in [5.74, 6) is -1.06. The highest BCUT2D eigenvalue weighted by Crippen LogP contribution is 2.43. The van der Waals surface area contributed by atoms with Crippen molar-refractivity contribution in [2.75, 3.05) is 26.4 Å². The van der Waals surface area contributed by atoms with E-state index in [2.05, 4.69) is 43.4 Å². The standard InChI is InChI=1S/C32H57O10P/c1-3-5-7-8-9-10-11-12-13-14-15-16-17-18-19-20-22-24-32(36)42-30(26-34)28-40-43(37,38)39-27-29(25-33)41-31(35)23-21-6-4-2/h5,7,9-10,12-13,29-30,33-34H,3-4,6,8,11,14-28H2,1-2H3,(H,37,38)/b7-5-,10-9-,13-12-. The maximum atomic E-state index is 12.1. The van der Waals surface area contributed by atoms with Crippen LogP contribution >= 0.6 is 7.82 Å². The van der Waals surface area contributed by atoms with Crippen molar-refractivity contribution in [3.05, 3.63) is 36.5 Å². The van der Waals surface area contributed by atoms with E-state index in [0.717, 1.165) is 64.2 Å². The van der Waals surface area contributed by atoms with Crippen LogP contribution in [0.1, 0.15) is 117 Å². The predicted molar refractivity (Wildman–Crippen MR) is 168 cm³/mol. The van der Waals surface area contributed by atoms with Gasteiger partial charge in [0.05, 0.1) is 26.4 Å². The van der Waals surface area contributed by atoms with Gasteiger partial charge in [-0.2, -0.15) is 0 Å². The average molecular weight is 633 g/mol. The van der Waals surface area contributed by atoms with Gasteiger partial charge in [0.15, 0.2) is 0 Å². The Balaban J connectivity index is 3.96. The molecule has 0 spiro atoms. The van der Waals surface area contributed by atoms with Gasteiger partial charge in [-0.3, -0.25) is 18.6 Å². The van der Waals surface area contributed by atoms with E-state index < -0.39 is 58.4 Å². The summed E-state index contributed by atoms with van der Waals surface area (Å²) in [5, 5.41) is 18.8.